The SMILES string of the molecule is CCCOC(=O)c1ccc(N2C(=O)C(=O)/C(=C(/O)c3cc(C)ccc3OC)C2c2ccccn2)cc1. The van der Waals surface area contributed by atoms with E-state index in [2.05, 4.69) is 4.98 Å². The van der Waals surface area contributed by atoms with E-state index in [0.29, 0.717) is 41.3 Å². The maximum Gasteiger partial charge on any atom is 0.338 e. The highest BCUT2D eigenvalue weighted by molar-refractivity contribution is 6.51. The zero-order valence-corrected chi connectivity index (χ0v) is 20.2. The quantitative estimate of drug-likeness (QED) is 0.225. The van der Waals surface area contributed by atoms with Crippen molar-refractivity contribution in [2.45, 2.75) is 26.3 Å². The van der Waals surface area contributed by atoms with Crippen LogP contribution >= 0.6 is 0 Å². The van der Waals surface area contributed by atoms with Crippen LogP contribution in [0.25, 0.3) is 5.76 Å². The molecule has 0 radical (unpaired) electrons. The van der Waals surface area contributed by atoms with Crippen molar-refractivity contribution in [3.05, 3.63) is 94.8 Å². The number of ketones is 1. The molecule has 0 aliphatic carbocycles. The first-order valence-electron chi connectivity index (χ1n) is 11.5. The van der Waals surface area contributed by atoms with Gasteiger partial charge in [-0.25, -0.2) is 4.79 Å². The van der Waals surface area contributed by atoms with Crippen LogP contribution in [0, 0.1) is 6.92 Å². The standard InChI is InChI=1S/C28H26N2O6/c1-4-15-36-28(34)18-9-11-19(12-10-18)30-24(21-7-5-6-14-29-21)23(26(32)27(30)33)25(31)20-16-17(2)8-13-22(20)35-3/h5-14,16,24,31H,4,15H2,1-3H3/b25-23+. The van der Waals surface area contributed by atoms with Crippen LogP contribution < -0.4 is 9.64 Å². The number of nitrogens with zero attached hydrogens (tertiary/aromatic N) is 2. The van der Waals surface area contributed by atoms with Gasteiger partial charge in [0.05, 0.1) is 36.1 Å². The average Bonchev–Trinajstić information content (AvgIpc) is 3.17. The lowest BCUT2D eigenvalue weighted by Crippen LogP contribution is -2.29. The number of aliphatic hydroxyl groups is 1. The van der Waals surface area contributed by atoms with Crippen molar-refractivity contribution in [1.29, 1.82) is 0 Å². The number of ether oxygens (including phenoxy) is 2. The Labute approximate surface area is 208 Å². The topological polar surface area (TPSA) is 106 Å². The Bertz CT molecular complexity index is 1330. The fourth-order valence-corrected chi connectivity index (χ4v) is 4.10. The number of aromatic nitrogens is 1. The molecular formula is C28H26N2O6. The third kappa shape index (κ3) is 4.57. The Kier molecular flexibility index (Phi) is 7.15. The summed E-state index contributed by atoms with van der Waals surface area (Å²) in [7, 11) is 1.46. The molecule has 2 heterocycles. The van der Waals surface area contributed by atoms with Gasteiger partial charge in [-0.3, -0.25) is 19.5 Å². The van der Waals surface area contributed by atoms with E-state index >= 15 is 0 Å². The van der Waals surface area contributed by atoms with E-state index in [4.69, 9.17) is 9.47 Å². The summed E-state index contributed by atoms with van der Waals surface area (Å²) in [6, 6.07) is 15.5. The number of carbonyl (C=O) groups is 3. The summed E-state index contributed by atoms with van der Waals surface area (Å²) in [5.74, 6) is -2.14. The Morgan fingerprint density at radius 3 is 2.47 bits per heavy atom. The lowest BCUT2D eigenvalue weighted by atomic mass is 9.97. The first kappa shape index (κ1) is 24.7. The third-order valence-electron chi connectivity index (χ3n) is 5.84. The molecule has 1 aliphatic heterocycles. The molecule has 1 amide bonds. The number of methoxy groups -OCH3 is 1. The van der Waals surface area contributed by atoms with E-state index < -0.39 is 23.7 Å². The van der Waals surface area contributed by atoms with Gasteiger partial charge in [0.2, 0.25) is 0 Å². The molecular weight excluding hydrogens is 460 g/mol. The molecule has 4 rings (SSSR count). The molecule has 0 bridgehead atoms. The molecule has 0 saturated carbocycles. The summed E-state index contributed by atoms with van der Waals surface area (Å²) < 4.78 is 10.6. The van der Waals surface area contributed by atoms with E-state index in [1.807, 2.05) is 19.9 Å². The van der Waals surface area contributed by atoms with Crippen LogP contribution in [-0.4, -0.2) is 41.5 Å². The molecule has 8 heteroatoms. The van der Waals surface area contributed by atoms with Crippen molar-refractivity contribution < 1.29 is 29.0 Å². The van der Waals surface area contributed by atoms with E-state index in [0.717, 1.165) is 5.56 Å². The number of benzene rings is 2. The average molecular weight is 487 g/mol. The fraction of sp³-hybridized carbons (Fsp3) is 0.214. The molecule has 0 spiro atoms. The van der Waals surface area contributed by atoms with Crippen LogP contribution in [0.1, 0.15) is 46.6 Å². The Morgan fingerprint density at radius 2 is 1.83 bits per heavy atom. The third-order valence-corrected chi connectivity index (χ3v) is 5.84. The summed E-state index contributed by atoms with van der Waals surface area (Å²) in [6.07, 6.45) is 2.25. The number of carbonyl (C=O) groups excluding carboxylic acids is 3. The highest BCUT2D eigenvalue weighted by Crippen LogP contribution is 2.42. The number of amides is 1. The van der Waals surface area contributed by atoms with Crippen LogP contribution in [0.3, 0.4) is 0 Å². The minimum Gasteiger partial charge on any atom is -0.507 e. The van der Waals surface area contributed by atoms with E-state index in [1.165, 1.54) is 24.1 Å². The zero-order valence-electron chi connectivity index (χ0n) is 20.2. The van der Waals surface area contributed by atoms with Crippen molar-refractivity contribution in [1.82, 2.24) is 4.98 Å². The predicted octanol–water partition coefficient (Wildman–Crippen LogP) is 4.59. The summed E-state index contributed by atoms with van der Waals surface area (Å²) in [5.41, 5.74) is 2.13. The van der Waals surface area contributed by atoms with Crippen LogP contribution in [0.4, 0.5) is 5.69 Å². The molecule has 36 heavy (non-hydrogen) atoms. The summed E-state index contributed by atoms with van der Waals surface area (Å²) in [4.78, 5) is 44.5. The van der Waals surface area contributed by atoms with Crippen molar-refractivity contribution in [2.75, 3.05) is 18.6 Å². The number of esters is 1. The van der Waals surface area contributed by atoms with Gasteiger partial charge in [0.1, 0.15) is 17.6 Å². The highest BCUT2D eigenvalue weighted by Gasteiger charge is 2.47. The number of Topliss-reactive ketones (excluding diaryl/α,β-unsaturated/α-hetero) is 1. The number of pyridine rings is 1. The van der Waals surface area contributed by atoms with E-state index in [1.54, 1.807) is 48.7 Å². The molecule has 1 aromatic heterocycles. The molecule has 3 aromatic rings. The van der Waals surface area contributed by atoms with Gasteiger partial charge in [-0.15, -0.1) is 0 Å². The zero-order chi connectivity index (χ0) is 25.8. The normalized spacial score (nSPS) is 16.8. The monoisotopic (exact) mass is 486 g/mol. The van der Waals surface area contributed by atoms with Crippen molar-refractivity contribution in [3.63, 3.8) is 0 Å². The molecule has 2 aromatic carbocycles. The van der Waals surface area contributed by atoms with Gasteiger partial charge >= 0.3 is 5.97 Å². The Hall–Kier alpha value is -4.46. The van der Waals surface area contributed by atoms with Gasteiger partial charge in [-0.1, -0.05) is 24.6 Å². The predicted molar refractivity (Wildman–Crippen MR) is 134 cm³/mol. The maximum atomic E-state index is 13.3. The van der Waals surface area contributed by atoms with Crippen molar-refractivity contribution >= 4 is 29.1 Å². The largest absolute Gasteiger partial charge is 0.507 e. The minimum atomic E-state index is -0.991. The molecule has 1 fully saturated rings. The van der Waals surface area contributed by atoms with Crippen LogP contribution in [-0.2, 0) is 14.3 Å². The summed E-state index contributed by atoms with van der Waals surface area (Å²) >= 11 is 0. The number of rotatable bonds is 7. The van der Waals surface area contributed by atoms with Crippen molar-refractivity contribution in [2.24, 2.45) is 0 Å². The van der Waals surface area contributed by atoms with Gasteiger partial charge < -0.3 is 14.6 Å². The Morgan fingerprint density at radius 1 is 1.08 bits per heavy atom. The molecule has 1 unspecified atom stereocenters. The van der Waals surface area contributed by atoms with Gasteiger partial charge in [0, 0.05) is 11.9 Å². The number of aryl methyl sites for hydroxylation is 1. The van der Waals surface area contributed by atoms with Crippen molar-refractivity contribution in [3.8, 4) is 5.75 Å². The molecule has 8 nitrogen and oxygen atoms in total. The second-order valence-electron chi connectivity index (χ2n) is 8.31. The van der Waals surface area contributed by atoms with Crippen LogP contribution in [0.15, 0.2) is 72.4 Å². The minimum absolute atomic E-state index is 0.103. The second-order valence-corrected chi connectivity index (χ2v) is 8.31. The first-order valence-corrected chi connectivity index (χ1v) is 11.5. The summed E-state index contributed by atoms with van der Waals surface area (Å²) in [5, 5.41) is 11.4. The number of hydrogen-bond acceptors (Lipinski definition) is 7. The molecule has 1 aliphatic rings. The fourth-order valence-electron chi connectivity index (χ4n) is 4.10. The number of anilines is 1. The molecule has 1 saturated heterocycles. The van der Waals surface area contributed by atoms with E-state index in [9.17, 15) is 19.5 Å². The second kappa shape index (κ2) is 10.4. The molecule has 1 atom stereocenters. The van der Waals surface area contributed by atoms with Crippen LogP contribution in [0.2, 0.25) is 0 Å². The highest BCUT2D eigenvalue weighted by atomic mass is 16.5. The van der Waals surface area contributed by atoms with Gasteiger partial charge in [0.15, 0.2) is 0 Å². The van der Waals surface area contributed by atoms with Crippen LogP contribution in [0.5, 0.6) is 5.75 Å². The van der Waals surface area contributed by atoms with E-state index in [-0.39, 0.29) is 11.3 Å². The lowest BCUT2D eigenvalue weighted by molar-refractivity contribution is -0.132. The summed E-state index contributed by atoms with van der Waals surface area (Å²) in [6.45, 7) is 4.05. The van der Waals surface area contributed by atoms with Gasteiger partial charge in [0.25, 0.3) is 11.7 Å². The molecule has 184 valence electrons. The first-order chi connectivity index (χ1) is 17.4. The number of hydrogen-bond donors (Lipinski definition) is 1. The smallest absolute Gasteiger partial charge is 0.338 e. The Balaban J connectivity index is 1.85. The lowest BCUT2D eigenvalue weighted by Gasteiger charge is -2.25. The maximum absolute atomic E-state index is 13.3. The number of aliphatic hydroxyl groups excluding tert-OH is 1. The molecule has 1 N–H and O–H groups in total. The van der Waals surface area contributed by atoms with Gasteiger partial charge in [-0.05, 0) is 61.9 Å². The van der Waals surface area contributed by atoms with Gasteiger partial charge in [-0.2, -0.15) is 0 Å².